The lowest BCUT2D eigenvalue weighted by molar-refractivity contribution is -0.883. The molecule has 0 aromatic carbocycles. The molecule has 0 aliphatic rings. The van der Waals surface area contributed by atoms with Gasteiger partial charge in [-0.05, 0) is 0 Å². The van der Waals surface area contributed by atoms with Crippen LogP contribution in [-0.2, 0) is 4.79 Å². The van der Waals surface area contributed by atoms with Crippen molar-refractivity contribution in [1.29, 1.82) is 0 Å². The fourth-order valence-corrected chi connectivity index (χ4v) is 1.74. The van der Waals surface area contributed by atoms with Crippen molar-refractivity contribution in [3.8, 4) is 0 Å². The van der Waals surface area contributed by atoms with Gasteiger partial charge >= 0.3 is 29.9 Å². The van der Waals surface area contributed by atoms with Crippen molar-refractivity contribution in [2.24, 2.45) is 0 Å². The van der Waals surface area contributed by atoms with E-state index in [0.29, 0.717) is 0 Å². The number of carbonyl (C=O) groups is 1. The third kappa shape index (κ3) is 4.88. The molecule has 0 bridgehead atoms. The second kappa shape index (κ2) is 6.36. The first-order valence-electron chi connectivity index (χ1n) is 6.11. The summed E-state index contributed by atoms with van der Waals surface area (Å²) in [6, 6.07) is 0. The summed E-state index contributed by atoms with van der Waals surface area (Å²) in [6.45, 7) is -1.00. The molecule has 0 atom stereocenters. The van der Waals surface area contributed by atoms with Crippen LogP contribution in [-0.4, -0.2) is 66.7 Å². The number of quaternary nitrogens is 1. The van der Waals surface area contributed by atoms with Crippen LogP contribution in [0.4, 0.5) is 39.5 Å². The van der Waals surface area contributed by atoms with Crippen molar-refractivity contribution in [1.82, 2.24) is 0 Å². The number of carboxylic acid groups (broad SMARTS) is 1. The number of aliphatic carboxylic acids is 1. The van der Waals surface area contributed by atoms with E-state index >= 15 is 0 Å². The van der Waals surface area contributed by atoms with Crippen molar-refractivity contribution in [3.63, 3.8) is 0 Å². The Morgan fingerprint density at radius 1 is 0.913 bits per heavy atom. The van der Waals surface area contributed by atoms with E-state index in [4.69, 9.17) is 5.11 Å². The van der Waals surface area contributed by atoms with Gasteiger partial charge in [-0.1, -0.05) is 0 Å². The van der Waals surface area contributed by atoms with Crippen molar-refractivity contribution < 1.29 is 53.9 Å². The minimum Gasteiger partial charge on any atom is -0.477 e. The van der Waals surface area contributed by atoms with E-state index in [9.17, 15) is 44.3 Å². The van der Waals surface area contributed by atoms with Crippen LogP contribution in [0.5, 0.6) is 0 Å². The van der Waals surface area contributed by atoms with Crippen LogP contribution in [0.3, 0.4) is 0 Å². The molecule has 0 rings (SSSR count). The van der Waals surface area contributed by atoms with E-state index in [0.717, 1.165) is 0 Å². The maximum Gasteiger partial charge on any atom is 0.460 e. The Hall–Kier alpha value is -1.20. The van der Waals surface area contributed by atoms with Gasteiger partial charge in [0.05, 0.1) is 20.6 Å². The molecule has 0 heterocycles. The Balaban J connectivity index is 5.03. The van der Waals surface area contributed by atoms with Gasteiger partial charge in [0, 0.05) is 12.8 Å². The minimum absolute atomic E-state index is 0.435. The Morgan fingerprint density at radius 2 is 1.35 bits per heavy atom. The number of likely N-dealkylation sites (N-methyl/N-ethyl adjacent to an activating group) is 1. The molecule has 0 aromatic rings. The van der Waals surface area contributed by atoms with Crippen LogP contribution in [0.2, 0.25) is 0 Å². The lowest BCUT2D eigenvalue weighted by Gasteiger charge is -2.34. The summed E-state index contributed by atoms with van der Waals surface area (Å²) in [5, 5.41) is 8.53. The smallest absolute Gasteiger partial charge is 0.460 e. The maximum atomic E-state index is 13.2. The molecule has 12 heteroatoms. The Morgan fingerprint density at radius 3 is 1.70 bits per heavy atom. The molecular formula is C11H15F9NO2+. The van der Waals surface area contributed by atoms with E-state index in [1.165, 1.54) is 14.1 Å². The first-order chi connectivity index (χ1) is 9.87. The summed E-state index contributed by atoms with van der Waals surface area (Å²) in [5.41, 5.74) is 0. The third-order valence-corrected chi connectivity index (χ3v) is 3.03. The summed E-state index contributed by atoms with van der Waals surface area (Å²) in [5.74, 6) is -20.5. The fourth-order valence-electron chi connectivity index (χ4n) is 1.74. The summed E-state index contributed by atoms with van der Waals surface area (Å²) >= 11 is 0. The van der Waals surface area contributed by atoms with Crippen LogP contribution >= 0.6 is 0 Å². The molecule has 0 unspecified atom stereocenters. The molecule has 0 radical (unpaired) electrons. The minimum atomic E-state index is -6.89. The fraction of sp³-hybridized carbons (Fsp3) is 0.909. The topological polar surface area (TPSA) is 37.3 Å². The monoisotopic (exact) mass is 364 g/mol. The van der Waals surface area contributed by atoms with Gasteiger partial charge in [-0.3, -0.25) is 0 Å². The normalized spacial score (nSPS) is 14.9. The van der Waals surface area contributed by atoms with E-state index < -0.39 is 60.3 Å². The van der Waals surface area contributed by atoms with Crippen LogP contribution in [0.25, 0.3) is 0 Å². The highest BCUT2D eigenvalue weighted by molar-refractivity contribution is 5.67. The first-order valence-corrected chi connectivity index (χ1v) is 6.11. The van der Waals surface area contributed by atoms with Gasteiger partial charge in [0.2, 0.25) is 0 Å². The predicted molar refractivity (Wildman–Crippen MR) is 59.6 cm³/mol. The SMILES string of the molecule is C[N+](C)(CCCC(F)(F)C(F)(F)C(F)(F)C(F)(F)F)CC(=O)O. The molecular weight excluding hydrogens is 349 g/mol. The molecule has 3 nitrogen and oxygen atoms in total. The van der Waals surface area contributed by atoms with Gasteiger partial charge in [-0.2, -0.15) is 39.5 Å². The Kier molecular flexibility index (Phi) is 6.03. The largest absolute Gasteiger partial charge is 0.477 e. The standard InChI is InChI=1S/C11H14F9NO2/c1-21(2,6-7(22)23)5-3-4-8(12,13)9(14,15)10(16,17)11(18,19)20/h3-6H2,1-2H3/p+1. The molecule has 0 fully saturated rings. The molecule has 23 heavy (non-hydrogen) atoms. The van der Waals surface area contributed by atoms with Gasteiger partial charge in [-0.25, -0.2) is 4.79 Å². The summed E-state index contributed by atoms with van der Waals surface area (Å²) in [6.07, 6.45) is -9.66. The lowest BCUT2D eigenvalue weighted by Crippen LogP contribution is -2.61. The molecule has 0 saturated heterocycles. The van der Waals surface area contributed by atoms with Gasteiger partial charge in [0.15, 0.2) is 6.54 Å². The van der Waals surface area contributed by atoms with Crippen LogP contribution < -0.4 is 0 Å². The van der Waals surface area contributed by atoms with Gasteiger partial charge in [-0.15, -0.1) is 0 Å². The zero-order chi connectivity index (χ0) is 18.9. The number of rotatable bonds is 8. The van der Waals surface area contributed by atoms with Crippen LogP contribution in [0.1, 0.15) is 12.8 Å². The summed E-state index contributed by atoms with van der Waals surface area (Å²) < 4.78 is 113. The molecule has 138 valence electrons. The molecule has 1 N–H and O–H groups in total. The average molecular weight is 364 g/mol. The zero-order valence-corrected chi connectivity index (χ0v) is 12.0. The Labute approximate surface area is 125 Å². The molecule has 0 spiro atoms. The van der Waals surface area contributed by atoms with Gasteiger partial charge in [0.1, 0.15) is 0 Å². The van der Waals surface area contributed by atoms with Crippen LogP contribution in [0, 0.1) is 0 Å². The van der Waals surface area contributed by atoms with Crippen molar-refractivity contribution >= 4 is 5.97 Å². The van der Waals surface area contributed by atoms with E-state index in [-0.39, 0.29) is 0 Å². The quantitative estimate of drug-likeness (QED) is 0.530. The highest BCUT2D eigenvalue weighted by atomic mass is 19.4. The van der Waals surface area contributed by atoms with E-state index in [1.54, 1.807) is 0 Å². The maximum absolute atomic E-state index is 13.2. The van der Waals surface area contributed by atoms with Gasteiger partial charge < -0.3 is 9.59 Å². The summed E-state index contributed by atoms with van der Waals surface area (Å²) in [4.78, 5) is 10.5. The number of alkyl halides is 9. The molecule has 0 aliphatic heterocycles. The highest BCUT2D eigenvalue weighted by Gasteiger charge is 2.81. The lowest BCUT2D eigenvalue weighted by atomic mass is 9.99. The highest BCUT2D eigenvalue weighted by Crippen LogP contribution is 2.54. The molecule has 0 aromatic heterocycles. The second-order valence-corrected chi connectivity index (χ2v) is 5.67. The summed E-state index contributed by atoms with van der Waals surface area (Å²) in [7, 11) is 2.49. The van der Waals surface area contributed by atoms with Crippen molar-refractivity contribution in [2.75, 3.05) is 27.2 Å². The number of hydrogen-bond donors (Lipinski definition) is 1. The van der Waals surface area contributed by atoms with Gasteiger partial charge in [0.25, 0.3) is 0 Å². The van der Waals surface area contributed by atoms with Crippen LogP contribution in [0.15, 0.2) is 0 Å². The predicted octanol–water partition coefficient (Wildman–Crippen LogP) is 3.40. The average Bonchev–Trinajstić information content (AvgIpc) is 2.23. The first kappa shape index (κ1) is 21.8. The second-order valence-electron chi connectivity index (χ2n) is 5.67. The molecule has 0 saturated carbocycles. The third-order valence-electron chi connectivity index (χ3n) is 3.03. The van der Waals surface area contributed by atoms with Crippen molar-refractivity contribution in [3.05, 3.63) is 0 Å². The van der Waals surface area contributed by atoms with E-state index in [2.05, 4.69) is 0 Å². The van der Waals surface area contributed by atoms with Crippen molar-refractivity contribution in [2.45, 2.75) is 36.8 Å². The Bertz CT molecular complexity index is 432. The number of carboxylic acids is 1. The molecule has 0 aliphatic carbocycles. The number of nitrogens with zero attached hydrogens (tertiary/aromatic N) is 1. The van der Waals surface area contributed by atoms with E-state index in [1.807, 2.05) is 0 Å². The number of hydrogen-bond acceptors (Lipinski definition) is 1. The molecule has 0 amide bonds. The zero-order valence-electron chi connectivity index (χ0n) is 12.0. The number of halogens is 9.